The summed E-state index contributed by atoms with van der Waals surface area (Å²) in [5.41, 5.74) is 7.16. The van der Waals surface area contributed by atoms with E-state index in [1.54, 1.807) is 0 Å². The number of fused-ring (bicyclic) bond motifs is 2. The first-order chi connectivity index (χ1) is 15.8. The zero-order chi connectivity index (χ0) is 21.3. The minimum Gasteiger partial charge on any atom is -0.369 e. The maximum atomic E-state index is 4.73. The summed E-state index contributed by atoms with van der Waals surface area (Å²) < 4.78 is 0. The van der Waals surface area contributed by atoms with Crippen molar-refractivity contribution >= 4 is 39.3 Å². The molecule has 32 heavy (non-hydrogen) atoms. The predicted octanol–water partition coefficient (Wildman–Crippen LogP) is 4.33. The van der Waals surface area contributed by atoms with Crippen LogP contribution in [0.2, 0.25) is 0 Å². The highest BCUT2D eigenvalue weighted by atomic mass is 15.2. The smallest absolute Gasteiger partial charge is 0.247 e. The molecule has 5 aromatic rings. The fourth-order valence-corrected chi connectivity index (χ4v) is 4.30. The number of aromatic amines is 1. The van der Waals surface area contributed by atoms with Gasteiger partial charge in [-0.05, 0) is 59.7 Å². The Morgan fingerprint density at radius 1 is 0.844 bits per heavy atom. The van der Waals surface area contributed by atoms with Gasteiger partial charge in [-0.1, -0.05) is 18.2 Å². The van der Waals surface area contributed by atoms with E-state index in [0.717, 1.165) is 54.0 Å². The third-order valence-electron chi connectivity index (χ3n) is 5.97. The lowest BCUT2D eigenvalue weighted by Gasteiger charge is -2.29. The number of rotatable bonds is 4. The summed E-state index contributed by atoms with van der Waals surface area (Å²) in [4.78, 5) is 10.4. The summed E-state index contributed by atoms with van der Waals surface area (Å²) in [5.74, 6) is 0.490. The lowest BCUT2D eigenvalue weighted by atomic mass is 10.0. The summed E-state index contributed by atoms with van der Waals surface area (Å²) in [6.45, 7) is 4.11. The molecule has 0 unspecified atom stereocenters. The van der Waals surface area contributed by atoms with Crippen molar-refractivity contribution in [3.05, 3.63) is 72.9 Å². The third kappa shape index (κ3) is 3.52. The molecule has 0 spiro atoms. The average molecular weight is 422 g/mol. The molecule has 0 aliphatic carbocycles. The normalized spacial score (nSPS) is 14.2. The van der Waals surface area contributed by atoms with Crippen molar-refractivity contribution in [2.75, 3.05) is 36.4 Å². The molecular formula is C25H23N7. The maximum absolute atomic E-state index is 4.73. The van der Waals surface area contributed by atoms with Crippen molar-refractivity contribution in [3.8, 4) is 11.1 Å². The van der Waals surface area contributed by atoms with Crippen LogP contribution in [-0.2, 0) is 0 Å². The second kappa shape index (κ2) is 7.94. The van der Waals surface area contributed by atoms with Gasteiger partial charge in [0.2, 0.25) is 5.95 Å². The van der Waals surface area contributed by atoms with Gasteiger partial charge in [0.05, 0.1) is 5.52 Å². The molecule has 0 bridgehead atoms. The summed E-state index contributed by atoms with van der Waals surface area (Å²) in [7, 11) is 0. The van der Waals surface area contributed by atoms with Gasteiger partial charge < -0.3 is 20.5 Å². The van der Waals surface area contributed by atoms with Crippen LogP contribution in [0, 0.1) is 0 Å². The molecule has 3 N–H and O–H groups in total. The first kappa shape index (κ1) is 18.8. The van der Waals surface area contributed by atoms with Crippen LogP contribution in [0.25, 0.3) is 33.1 Å². The van der Waals surface area contributed by atoms with Gasteiger partial charge in [0, 0.05) is 54.7 Å². The van der Waals surface area contributed by atoms with Crippen molar-refractivity contribution in [2.45, 2.75) is 0 Å². The van der Waals surface area contributed by atoms with Crippen LogP contribution in [0.4, 0.5) is 17.3 Å². The maximum Gasteiger partial charge on any atom is 0.247 e. The predicted molar refractivity (Wildman–Crippen MR) is 129 cm³/mol. The van der Waals surface area contributed by atoms with E-state index in [-0.39, 0.29) is 0 Å². The Morgan fingerprint density at radius 3 is 2.59 bits per heavy atom. The Morgan fingerprint density at radius 2 is 1.72 bits per heavy atom. The van der Waals surface area contributed by atoms with Crippen LogP contribution in [-0.4, -0.2) is 46.3 Å². The highest BCUT2D eigenvalue weighted by Gasteiger charge is 2.11. The van der Waals surface area contributed by atoms with Crippen molar-refractivity contribution in [3.63, 3.8) is 0 Å². The van der Waals surface area contributed by atoms with E-state index < -0.39 is 0 Å². The Labute approximate surface area is 185 Å². The Hall–Kier alpha value is -3.97. The molecule has 7 nitrogen and oxygen atoms in total. The molecule has 158 valence electrons. The molecule has 1 saturated heterocycles. The Balaban J connectivity index is 1.28. The molecule has 2 aromatic heterocycles. The van der Waals surface area contributed by atoms with E-state index in [4.69, 9.17) is 4.98 Å². The molecule has 0 radical (unpaired) electrons. The first-order valence-corrected chi connectivity index (χ1v) is 10.9. The minimum atomic E-state index is 0.490. The zero-order valence-corrected chi connectivity index (χ0v) is 17.5. The van der Waals surface area contributed by atoms with E-state index in [2.05, 4.69) is 91.4 Å². The van der Waals surface area contributed by atoms with Gasteiger partial charge in [-0.15, -0.1) is 10.2 Å². The van der Waals surface area contributed by atoms with E-state index >= 15 is 0 Å². The van der Waals surface area contributed by atoms with E-state index in [9.17, 15) is 0 Å². The third-order valence-corrected chi connectivity index (χ3v) is 5.97. The fraction of sp³-hybridized carbons (Fsp3) is 0.160. The van der Waals surface area contributed by atoms with Gasteiger partial charge in [-0.2, -0.15) is 0 Å². The van der Waals surface area contributed by atoms with Crippen LogP contribution < -0.4 is 15.5 Å². The highest BCUT2D eigenvalue weighted by Crippen LogP contribution is 2.30. The van der Waals surface area contributed by atoms with Gasteiger partial charge in [0.15, 0.2) is 0 Å². The van der Waals surface area contributed by atoms with Crippen LogP contribution in [0.15, 0.2) is 72.9 Å². The minimum absolute atomic E-state index is 0.490. The monoisotopic (exact) mass is 421 g/mol. The van der Waals surface area contributed by atoms with Crippen molar-refractivity contribution in [2.24, 2.45) is 0 Å². The van der Waals surface area contributed by atoms with Crippen LogP contribution in [0.3, 0.4) is 0 Å². The van der Waals surface area contributed by atoms with E-state index in [1.165, 1.54) is 16.6 Å². The number of benzene rings is 3. The number of aromatic nitrogens is 4. The molecule has 0 atom stereocenters. The van der Waals surface area contributed by atoms with Crippen molar-refractivity contribution < 1.29 is 0 Å². The molecule has 1 fully saturated rings. The average Bonchev–Trinajstić information content (AvgIpc) is 3.34. The number of hydrogen-bond acceptors (Lipinski definition) is 6. The topological polar surface area (TPSA) is 81.8 Å². The molecule has 0 saturated carbocycles. The second-order valence-corrected chi connectivity index (χ2v) is 7.99. The molecule has 3 aromatic carbocycles. The molecular weight excluding hydrogens is 398 g/mol. The second-order valence-electron chi connectivity index (χ2n) is 7.99. The van der Waals surface area contributed by atoms with Crippen molar-refractivity contribution in [1.29, 1.82) is 0 Å². The van der Waals surface area contributed by atoms with Crippen LogP contribution >= 0.6 is 0 Å². The number of piperazine rings is 1. The quantitative estimate of drug-likeness (QED) is 0.401. The summed E-state index contributed by atoms with van der Waals surface area (Å²) in [6, 6.07) is 22.9. The van der Waals surface area contributed by atoms with E-state index in [1.807, 2.05) is 12.3 Å². The highest BCUT2D eigenvalue weighted by molar-refractivity contribution is 5.96. The molecule has 0 amide bonds. The van der Waals surface area contributed by atoms with Gasteiger partial charge in [-0.3, -0.25) is 0 Å². The zero-order valence-electron chi connectivity index (χ0n) is 17.5. The van der Waals surface area contributed by atoms with Gasteiger partial charge in [0.1, 0.15) is 5.52 Å². The standard InChI is InChI=1S/C25H23N7/c1-2-20(21-10-11-27-22(21)3-1)17-4-9-23-24(16-17)29-25(31-30-23)28-18-5-7-19(8-6-18)32-14-12-26-13-15-32/h1-11,16,26-27H,12-15H2,(H,28,29,31). The van der Waals surface area contributed by atoms with Gasteiger partial charge in [0.25, 0.3) is 0 Å². The van der Waals surface area contributed by atoms with Gasteiger partial charge >= 0.3 is 0 Å². The van der Waals surface area contributed by atoms with Crippen molar-refractivity contribution in [1.82, 2.24) is 25.5 Å². The lowest BCUT2D eigenvalue weighted by Crippen LogP contribution is -2.43. The lowest BCUT2D eigenvalue weighted by molar-refractivity contribution is 0.589. The summed E-state index contributed by atoms with van der Waals surface area (Å²) in [5, 5.41) is 16.5. The SMILES string of the molecule is c1cc(-c2ccc3nnc(Nc4ccc(N5CCNCC5)cc4)nc3c2)c2cc[nH]c2c1. The number of nitrogens with one attached hydrogen (secondary N) is 3. The molecule has 1 aliphatic rings. The van der Waals surface area contributed by atoms with Gasteiger partial charge in [-0.25, -0.2) is 4.98 Å². The number of anilines is 3. The van der Waals surface area contributed by atoms with E-state index in [0.29, 0.717) is 5.95 Å². The molecule has 7 heteroatoms. The number of hydrogen-bond donors (Lipinski definition) is 3. The Bertz CT molecular complexity index is 1380. The largest absolute Gasteiger partial charge is 0.369 e. The summed E-state index contributed by atoms with van der Waals surface area (Å²) >= 11 is 0. The fourth-order valence-electron chi connectivity index (χ4n) is 4.30. The van der Waals surface area contributed by atoms with Crippen LogP contribution in [0.1, 0.15) is 0 Å². The molecule has 3 heterocycles. The molecule has 6 rings (SSSR count). The Kier molecular flexibility index (Phi) is 4.66. The molecule has 1 aliphatic heterocycles. The number of H-pyrrole nitrogens is 1. The van der Waals surface area contributed by atoms with Crippen LogP contribution in [0.5, 0.6) is 0 Å². The number of nitrogens with zero attached hydrogens (tertiary/aromatic N) is 4. The summed E-state index contributed by atoms with van der Waals surface area (Å²) in [6.07, 6.45) is 1.97. The first-order valence-electron chi connectivity index (χ1n) is 10.9.